The minimum atomic E-state index is -0.0595. The van der Waals surface area contributed by atoms with Crippen LogP contribution in [0.3, 0.4) is 0 Å². The number of hydrogen-bond acceptors (Lipinski definition) is 3. The molecule has 126 valence electrons. The van der Waals surface area contributed by atoms with E-state index in [4.69, 9.17) is 4.74 Å². The summed E-state index contributed by atoms with van der Waals surface area (Å²) >= 11 is 0. The Labute approximate surface area is 133 Å². The van der Waals surface area contributed by atoms with Crippen LogP contribution in [0.25, 0.3) is 0 Å². The summed E-state index contributed by atoms with van der Waals surface area (Å²) in [7, 11) is 0. The maximum absolute atomic E-state index is 12.0. The Kier molecular flexibility index (Phi) is 6.68. The zero-order chi connectivity index (χ0) is 15.9. The number of carbonyl (C=O) groups excluding carboxylic acids is 2. The van der Waals surface area contributed by atoms with Crippen molar-refractivity contribution in [3.05, 3.63) is 0 Å². The molecule has 2 aliphatic rings. The number of ether oxygens (including phenoxy) is 1. The van der Waals surface area contributed by atoms with E-state index < -0.39 is 0 Å². The lowest BCUT2D eigenvalue weighted by molar-refractivity contribution is -0.127. The molecule has 1 aliphatic carbocycles. The van der Waals surface area contributed by atoms with Gasteiger partial charge in [0.25, 0.3) is 0 Å². The highest BCUT2D eigenvalue weighted by molar-refractivity contribution is 5.83. The number of carbonyl (C=O) groups is 2. The van der Waals surface area contributed by atoms with Crippen LogP contribution in [0.2, 0.25) is 0 Å². The molecule has 0 bridgehead atoms. The third-order valence-electron chi connectivity index (χ3n) is 5.18. The van der Waals surface area contributed by atoms with Crippen molar-refractivity contribution >= 4 is 11.8 Å². The number of amides is 2. The number of rotatable bonds is 6. The minimum Gasteiger partial charge on any atom is -0.376 e. The first-order valence-corrected chi connectivity index (χ1v) is 8.74. The molecule has 2 fully saturated rings. The van der Waals surface area contributed by atoms with Gasteiger partial charge in [-0.3, -0.25) is 9.59 Å². The standard InChI is InChI=1S/C17H30N2O3/c1-12-5-3-7-15(13(12)2)19-17(21)9-8-16(20)18-11-14-6-4-10-22-14/h12-15H,3-11H2,1-2H3,(H,18,20)(H,19,21). The van der Waals surface area contributed by atoms with Crippen LogP contribution in [0, 0.1) is 11.8 Å². The van der Waals surface area contributed by atoms with E-state index in [0.717, 1.165) is 25.9 Å². The number of nitrogens with one attached hydrogen (secondary N) is 2. The molecule has 1 aliphatic heterocycles. The summed E-state index contributed by atoms with van der Waals surface area (Å²) in [6, 6.07) is 0.270. The lowest BCUT2D eigenvalue weighted by Gasteiger charge is -2.34. The molecular weight excluding hydrogens is 280 g/mol. The van der Waals surface area contributed by atoms with E-state index in [0.29, 0.717) is 18.4 Å². The molecule has 22 heavy (non-hydrogen) atoms. The van der Waals surface area contributed by atoms with Gasteiger partial charge in [-0.15, -0.1) is 0 Å². The van der Waals surface area contributed by atoms with E-state index >= 15 is 0 Å². The fourth-order valence-electron chi connectivity index (χ4n) is 3.41. The highest BCUT2D eigenvalue weighted by atomic mass is 16.5. The molecule has 2 N–H and O–H groups in total. The Morgan fingerprint density at radius 2 is 1.82 bits per heavy atom. The molecule has 1 heterocycles. The summed E-state index contributed by atoms with van der Waals surface area (Å²) in [5, 5.41) is 5.96. The molecule has 0 aromatic carbocycles. The Hall–Kier alpha value is -1.10. The summed E-state index contributed by atoms with van der Waals surface area (Å²) in [6.45, 7) is 5.82. The van der Waals surface area contributed by atoms with Crippen LogP contribution in [-0.4, -0.2) is 37.1 Å². The van der Waals surface area contributed by atoms with Crippen LogP contribution >= 0.6 is 0 Å². The zero-order valence-corrected chi connectivity index (χ0v) is 13.9. The Bertz CT molecular complexity index is 380. The SMILES string of the molecule is CC1CCCC(NC(=O)CCC(=O)NCC2CCCO2)C1C. The number of hydrogen-bond donors (Lipinski definition) is 2. The molecule has 0 radical (unpaired) electrons. The van der Waals surface area contributed by atoms with E-state index in [1.165, 1.54) is 12.8 Å². The van der Waals surface area contributed by atoms with Crippen molar-refractivity contribution in [1.82, 2.24) is 10.6 Å². The first-order chi connectivity index (χ1) is 10.6. The van der Waals surface area contributed by atoms with E-state index in [9.17, 15) is 9.59 Å². The predicted octanol–water partition coefficient (Wildman–Crippen LogP) is 2.00. The third-order valence-corrected chi connectivity index (χ3v) is 5.18. The van der Waals surface area contributed by atoms with Crippen molar-refractivity contribution in [3.8, 4) is 0 Å². The first kappa shape index (κ1) is 17.3. The monoisotopic (exact) mass is 310 g/mol. The average molecular weight is 310 g/mol. The van der Waals surface area contributed by atoms with Crippen molar-refractivity contribution in [3.63, 3.8) is 0 Å². The van der Waals surface area contributed by atoms with Gasteiger partial charge in [0.05, 0.1) is 6.10 Å². The van der Waals surface area contributed by atoms with Crippen molar-refractivity contribution < 1.29 is 14.3 Å². The van der Waals surface area contributed by atoms with E-state index in [2.05, 4.69) is 24.5 Å². The van der Waals surface area contributed by atoms with E-state index in [-0.39, 0.29) is 36.8 Å². The smallest absolute Gasteiger partial charge is 0.220 e. The molecule has 4 unspecified atom stereocenters. The Balaban J connectivity index is 1.61. The van der Waals surface area contributed by atoms with Crippen LogP contribution < -0.4 is 10.6 Å². The van der Waals surface area contributed by atoms with Crippen LogP contribution in [0.1, 0.15) is 58.8 Å². The molecular formula is C17H30N2O3. The van der Waals surface area contributed by atoms with Crippen molar-refractivity contribution in [1.29, 1.82) is 0 Å². The normalized spacial score (nSPS) is 31.7. The van der Waals surface area contributed by atoms with Gasteiger partial charge in [-0.25, -0.2) is 0 Å². The van der Waals surface area contributed by atoms with Crippen LogP contribution in [-0.2, 0) is 14.3 Å². The molecule has 0 aromatic rings. The third kappa shape index (κ3) is 5.27. The highest BCUT2D eigenvalue weighted by Crippen LogP contribution is 2.29. The van der Waals surface area contributed by atoms with Crippen LogP contribution in [0.5, 0.6) is 0 Å². The van der Waals surface area contributed by atoms with Gasteiger partial charge < -0.3 is 15.4 Å². The highest BCUT2D eigenvalue weighted by Gasteiger charge is 2.28. The van der Waals surface area contributed by atoms with Gasteiger partial charge in [-0.05, 0) is 31.1 Å². The average Bonchev–Trinajstić information content (AvgIpc) is 3.01. The van der Waals surface area contributed by atoms with Crippen LogP contribution in [0.15, 0.2) is 0 Å². The van der Waals surface area contributed by atoms with Gasteiger partial charge in [0.1, 0.15) is 0 Å². The Morgan fingerprint density at radius 3 is 2.55 bits per heavy atom. The van der Waals surface area contributed by atoms with Crippen molar-refractivity contribution in [2.45, 2.75) is 70.9 Å². The van der Waals surface area contributed by atoms with Gasteiger partial charge in [0.15, 0.2) is 0 Å². The maximum Gasteiger partial charge on any atom is 0.220 e. The molecule has 1 saturated heterocycles. The summed E-state index contributed by atoms with van der Waals surface area (Å²) in [5.41, 5.74) is 0. The maximum atomic E-state index is 12.0. The first-order valence-electron chi connectivity index (χ1n) is 8.74. The predicted molar refractivity (Wildman–Crippen MR) is 85.3 cm³/mol. The molecule has 1 saturated carbocycles. The lowest BCUT2D eigenvalue weighted by atomic mass is 9.78. The fraction of sp³-hybridized carbons (Fsp3) is 0.882. The quantitative estimate of drug-likeness (QED) is 0.788. The Morgan fingerprint density at radius 1 is 1.05 bits per heavy atom. The summed E-state index contributed by atoms with van der Waals surface area (Å²) in [6.07, 6.45) is 6.26. The molecule has 0 aromatic heterocycles. The van der Waals surface area contributed by atoms with Crippen LogP contribution in [0.4, 0.5) is 0 Å². The van der Waals surface area contributed by atoms with Crippen molar-refractivity contribution in [2.75, 3.05) is 13.2 Å². The van der Waals surface area contributed by atoms with E-state index in [1.807, 2.05) is 0 Å². The van der Waals surface area contributed by atoms with Gasteiger partial charge in [-0.1, -0.05) is 26.7 Å². The molecule has 5 heteroatoms. The summed E-state index contributed by atoms with van der Waals surface area (Å²) < 4.78 is 5.46. The zero-order valence-electron chi connectivity index (χ0n) is 13.9. The second kappa shape index (κ2) is 8.51. The van der Waals surface area contributed by atoms with Gasteiger partial charge in [-0.2, -0.15) is 0 Å². The molecule has 2 rings (SSSR count). The van der Waals surface area contributed by atoms with Crippen molar-refractivity contribution in [2.24, 2.45) is 11.8 Å². The fourth-order valence-corrected chi connectivity index (χ4v) is 3.41. The second-order valence-electron chi connectivity index (χ2n) is 6.88. The largest absolute Gasteiger partial charge is 0.376 e. The van der Waals surface area contributed by atoms with E-state index in [1.54, 1.807) is 0 Å². The molecule has 2 amide bonds. The molecule has 4 atom stereocenters. The molecule has 0 spiro atoms. The second-order valence-corrected chi connectivity index (χ2v) is 6.88. The van der Waals surface area contributed by atoms with Gasteiger partial charge in [0, 0.05) is 32.0 Å². The summed E-state index contributed by atoms with van der Waals surface area (Å²) in [4.78, 5) is 23.8. The van der Waals surface area contributed by atoms with Gasteiger partial charge in [0.2, 0.25) is 11.8 Å². The minimum absolute atomic E-state index is 0.00165. The molecule has 5 nitrogen and oxygen atoms in total. The lowest BCUT2D eigenvalue weighted by Crippen LogP contribution is -2.44. The summed E-state index contributed by atoms with van der Waals surface area (Å²) in [5.74, 6) is 1.12. The topological polar surface area (TPSA) is 67.4 Å². The van der Waals surface area contributed by atoms with Gasteiger partial charge >= 0.3 is 0 Å².